The van der Waals surface area contributed by atoms with Crippen LogP contribution < -0.4 is 15.0 Å². The summed E-state index contributed by atoms with van der Waals surface area (Å²) in [4.78, 5) is 39.8. The number of amides is 3. The van der Waals surface area contributed by atoms with E-state index in [1.54, 1.807) is 9.80 Å². The second kappa shape index (κ2) is 7.55. The molecule has 7 nitrogen and oxygen atoms in total. The molecule has 0 saturated carbocycles. The number of anilines is 1. The highest BCUT2D eigenvalue weighted by Crippen LogP contribution is 2.28. The molecule has 25 heavy (non-hydrogen) atoms. The maximum atomic E-state index is 12.7. The SMILES string of the molecule is CCOc1ccc(N2C[C@@H](C(=O)N3CCNC(=O)CC3)CC2=O)cc1. The average molecular weight is 345 g/mol. The Kier molecular flexibility index (Phi) is 5.21. The molecule has 7 heteroatoms. The number of carbonyl (C=O) groups excluding carboxylic acids is 3. The minimum absolute atomic E-state index is 0.0335. The number of hydrogen-bond donors (Lipinski definition) is 1. The van der Waals surface area contributed by atoms with Crippen molar-refractivity contribution in [2.75, 3.05) is 37.7 Å². The van der Waals surface area contributed by atoms with Crippen molar-refractivity contribution < 1.29 is 19.1 Å². The van der Waals surface area contributed by atoms with Crippen LogP contribution in [0.4, 0.5) is 5.69 Å². The molecule has 2 saturated heterocycles. The Bertz CT molecular complexity index is 659. The largest absolute Gasteiger partial charge is 0.494 e. The summed E-state index contributed by atoms with van der Waals surface area (Å²) in [6.07, 6.45) is 0.527. The lowest BCUT2D eigenvalue weighted by atomic mass is 10.1. The summed E-state index contributed by atoms with van der Waals surface area (Å²) in [6.45, 7) is 4.26. The van der Waals surface area contributed by atoms with Gasteiger partial charge in [-0.05, 0) is 31.2 Å². The maximum absolute atomic E-state index is 12.7. The number of carbonyl (C=O) groups is 3. The zero-order valence-electron chi connectivity index (χ0n) is 14.4. The Morgan fingerprint density at radius 3 is 2.72 bits per heavy atom. The van der Waals surface area contributed by atoms with Crippen molar-refractivity contribution in [2.45, 2.75) is 19.8 Å². The molecule has 1 atom stereocenters. The van der Waals surface area contributed by atoms with Crippen molar-refractivity contribution in [3.63, 3.8) is 0 Å². The van der Waals surface area contributed by atoms with E-state index in [0.29, 0.717) is 39.2 Å². The zero-order valence-corrected chi connectivity index (χ0v) is 14.4. The molecule has 1 aromatic rings. The summed E-state index contributed by atoms with van der Waals surface area (Å²) in [5, 5.41) is 2.76. The third-order valence-corrected chi connectivity index (χ3v) is 4.56. The van der Waals surface area contributed by atoms with Gasteiger partial charge >= 0.3 is 0 Å². The van der Waals surface area contributed by atoms with Gasteiger partial charge in [-0.2, -0.15) is 0 Å². The van der Waals surface area contributed by atoms with Crippen LogP contribution in [0.5, 0.6) is 5.75 Å². The van der Waals surface area contributed by atoms with E-state index in [9.17, 15) is 14.4 Å². The summed E-state index contributed by atoms with van der Waals surface area (Å²) in [7, 11) is 0. The Labute approximate surface area is 146 Å². The summed E-state index contributed by atoms with van der Waals surface area (Å²) < 4.78 is 5.41. The van der Waals surface area contributed by atoms with Gasteiger partial charge in [-0.15, -0.1) is 0 Å². The Morgan fingerprint density at radius 2 is 2.00 bits per heavy atom. The van der Waals surface area contributed by atoms with Crippen molar-refractivity contribution in [1.82, 2.24) is 10.2 Å². The molecule has 0 radical (unpaired) electrons. The molecule has 2 aliphatic rings. The van der Waals surface area contributed by atoms with Gasteiger partial charge in [-0.25, -0.2) is 0 Å². The minimum Gasteiger partial charge on any atom is -0.494 e. The predicted octanol–water partition coefficient (Wildman–Crippen LogP) is 0.787. The molecule has 2 heterocycles. The van der Waals surface area contributed by atoms with E-state index in [1.807, 2.05) is 31.2 Å². The second-order valence-electron chi connectivity index (χ2n) is 6.26. The average Bonchev–Trinajstić information content (AvgIpc) is 2.86. The van der Waals surface area contributed by atoms with Crippen LogP contribution in [0, 0.1) is 5.92 Å². The second-order valence-corrected chi connectivity index (χ2v) is 6.26. The Morgan fingerprint density at radius 1 is 1.24 bits per heavy atom. The fourth-order valence-electron chi connectivity index (χ4n) is 3.26. The first-order valence-corrected chi connectivity index (χ1v) is 8.67. The summed E-state index contributed by atoms with van der Waals surface area (Å²) in [6, 6.07) is 7.33. The quantitative estimate of drug-likeness (QED) is 0.875. The number of rotatable bonds is 4. The number of benzene rings is 1. The highest BCUT2D eigenvalue weighted by atomic mass is 16.5. The van der Waals surface area contributed by atoms with E-state index in [-0.39, 0.29) is 30.1 Å². The van der Waals surface area contributed by atoms with Gasteiger partial charge in [0.25, 0.3) is 0 Å². The molecule has 0 aliphatic carbocycles. The van der Waals surface area contributed by atoms with Gasteiger partial charge in [0.15, 0.2) is 0 Å². The van der Waals surface area contributed by atoms with Crippen LogP contribution in [-0.2, 0) is 14.4 Å². The predicted molar refractivity (Wildman–Crippen MR) is 92.3 cm³/mol. The molecule has 2 aliphatic heterocycles. The standard InChI is InChI=1S/C18H23N3O4/c1-2-25-15-5-3-14(4-6-15)21-12-13(11-17(21)23)18(24)20-9-7-16(22)19-8-10-20/h3-6,13H,2,7-12H2,1H3,(H,19,22)/t13-/m0/s1. The van der Waals surface area contributed by atoms with Crippen LogP contribution in [0.3, 0.4) is 0 Å². The summed E-state index contributed by atoms with van der Waals surface area (Å²) >= 11 is 0. The van der Waals surface area contributed by atoms with Crippen LogP contribution in [0.2, 0.25) is 0 Å². The monoisotopic (exact) mass is 345 g/mol. The van der Waals surface area contributed by atoms with Crippen LogP contribution in [0.1, 0.15) is 19.8 Å². The van der Waals surface area contributed by atoms with Gasteiger partial charge in [-0.1, -0.05) is 0 Å². The van der Waals surface area contributed by atoms with E-state index in [4.69, 9.17) is 4.74 Å². The Balaban J connectivity index is 1.65. The molecule has 0 bridgehead atoms. The topological polar surface area (TPSA) is 79.0 Å². The molecule has 134 valence electrons. The smallest absolute Gasteiger partial charge is 0.228 e. The Hall–Kier alpha value is -2.57. The first kappa shape index (κ1) is 17.3. The summed E-state index contributed by atoms with van der Waals surface area (Å²) in [5.74, 6) is 0.276. The minimum atomic E-state index is -0.354. The third-order valence-electron chi connectivity index (χ3n) is 4.56. The highest BCUT2D eigenvalue weighted by Gasteiger charge is 2.37. The van der Waals surface area contributed by atoms with Gasteiger partial charge in [-0.3, -0.25) is 14.4 Å². The zero-order chi connectivity index (χ0) is 17.8. The van der Waals surface area contributed by atoms with Gasteiger partial charge < -0.3 is 19.9 Å². The van der Waals surface area contributed by atoms with E-state index in [0.717, 1.165) is 11.4 Å². The van der Waals surface area contributed by atoms with E-state index < -0.39 is 0 Å². The van der Waals surface area contributed by atoms with Crippen LogP contribution >= 0.6 is 0 Å². The maximum Gasteiger partial charge on any atom is 0.228 e. The number of hydrogen-bond acceptors (Lipinski definition) is 4. The third kappa shape index (κ3) is 3.92. The van der Waals surface area contributed by atoms with Crippen molar-refractivity contribution >= 4 is 23.4 Å². The number of nitrogens with one attached hydrogen (secondary N) is 1. The molecule has 3 amide bonds. The van der Waals surface area contributed by atoms with E-state index in [2.05, 4.69) is 5.32 Å². The normalized spacial score (nSPS) is 21.1. The van der Waals surface area contributed by atoms with Gasteiger partial charge in [0.2, 0.25) is 17.7 Å². The van der Waals surface area contributed by atoms with Gasteiger partial charge in [0.1, 0.15) is 5.75 Å². The molecule has 0 aromatic heterocycles. The molecular formula is C18H23N3O4. The molecule has 1 aromatic carbocycles. The highest BCUT2D eigenvalue weighted by molar-refractivity contribution is 6.00. The summed E-state index contributed by atoms with van der Waals surface area (Å²) in [5.41, 5.74) is 0.775. The molecule has 0 unspecified atom stereocenters. The van der Waals surface area contributed by atoms with Crippen LogP contribution in [0.25, 0.3) is 0 Å². The van der Waals surface area contributed by atoms with Gasteiger partial charge in [0.05, 0.1) is 12.5 Å². The molecule has 0 spiro atoms. The van der Waals surface area contributed by atoms with Crippen LogP contribution in [-0.4, -0.2) is 55.4 Å². The van der Waals surface area contributed by atoms with Crippen molar-refractivity contribution in [1.29, 1.82) is 0 Å². The molecule has 2 fully saturated rings. The number of ether oxygens (including phenoxy) is 1. The first-order valence-electron chi connectivity index (χ1n) is 8.67. The fourth-order valence-corrected chi connectivity index (χ4v) is 3.26. The lowest BCUT2D eigenvalue weighted by molar-refractivity contribution is -0.135. The number of nitrogens with zero attached hydrogens (tertiary/aromatic N) is 2. The fraction of sp³-hybridized carbons (Fsp3) is 0.500. The van der Waals surface area contributed by atoms with Crippen LogP contribution in [0.15, 0.2) is 24.3 Å². The van der Waals surface area contributed by atoms with Crippen molar-refractivity contribution in [2.24, 2.45) is 5.92 Å². The van der Waals surface area contributed by atoms with Gasteiger partial charge in [0, 0.05) is 44.7 Å². The lowest BCUT2D eigenvalue weighted by Gasteiger charge is -2.23. The van der Waals surface area contributed by atoms with E-state index in [1.165, 1.54) is 0 Å². The molecule has 3 rings (SSSR count). The molecular weight excluding hydrogens is 322 g/mol. The van der Waals surface area contributed by atoms with Crippen molar-refractivity contribution in [3.05, 3.63) is 24.3 Å². The van der Waals surface area contributed by atoms with Crippen molar-refractivity contribution in [3.8, 4) is 5.75 Å². The lowest BCUT2D eigenvalue weighted by Crippen LogP contribution is -2.39. The first-order chi connectivity index (χ1) is 12.1. The molecule has 1 N–H and O–H groups in total. The van der Waals surface area contributed by atoms with E-state index >= 15 is 0 Å².